The normalized spacial score (nSPS) is 13.2. The Labute approximate surface area is 129 Å². The van der Waals surface area contributed by atoms with Crippen molar-refractivity contribution < 1.29 is 13.2 Å². The van der Waals surface area contributed by atoms with Gasteiger partial charge in [0, 0.05) is 22.6 Å². The highest BCUT2D eigenvalue weighted by atomic mass is 35.7. The average Bonchev–Trinajstić information content (AvgIpc) is 2.88. The second kappa shape index (κ2) is 8.00. The van der Waals surface area contributed by atoms with Gasteiger partial charge in [0.05, 0.1) is 5.56 Å². The van der Waals surface area contributed by atoms with E-state index in [1.54, 1.807) is 0 Å². The second-order valence-corrected chi connectivity index (χ2v) is 8.42. The molecule has 1 N–H and O–H groups in total. The van der Waals surface area contributed by atoms with Crippen LogP contribution in [0, 0.1) is 5.92 Å². The van der Waals surface area contributed by atoms with E-state index in [-0.39, 0.29) is 10.1 Å². The SMILES string of the molecule is CCCCC(CC)CNC(=O)c1csc(S(=O)(=O)Cl)c1. The lowest BCUT2D eigenvalue weighted by atomic mass is 9.99. The number of halogens is 1. The van der Waals surface area contributed by atoms with Crippen molar-refractivity contribution in [3.05, 3.63) is 17.0 Å². The van der Waals surface area contributed by atoms with Gasteiger partial charge in [-0.1, -0.05) is 33.1 Å². The van der Waals surface area contributed by atoms with Crippen molar-refractivity contribution in [1.29, 1.82) is 0 Å². The molecule has 1 unspecified atom stereocenters. The first kappa shape index (κ1) is 17.5. The molecular formula is C13H20ClNO3S2. The third-order valence-electron chi connectivity index (χ3n) is 3.17. The van der Waals surface area contributed by atoms with Gasteiger partial charge in [0.15, 0.2) is 0 Å². The summed E-state index contributed by atoms with van der Waals surface area (Å²) < 4.78 is 22.3. The molecule has 0 aromatic carbocycles. The maximum absolute atomic E-state index is 11.9. The van der Waals surface area contributed by atoms with Gasteiger partial charge in [0.25, 0.3) is 15.0 Å². The summed E-state index contributed by atoms with van der Waals surface area (Å²) in [5, 5.41) is 4.36. The summed E-state index contributed by atoms with van der Waals surface area (Å²) >= 11 is 0.958. The molecule has 0 bridgehead atoms. The van der Waals surface area contributed by atoms with Crippen LogP contribution in [0.1, 0.15) is 49.9 Å². The summed E-state index contributed by atoms with van der Waals surface area (Å²) in [7, 11) is 1.48. The van der Waals surface area contributed by atoms with E-state index in [1.165, 1.54) is 11.4 Å². The Morgan fingerprint density at radius 1 is 1.45 bits per heavy atom. The molecule has 1 atom stereocenters. The van der Waals surface area contributed by atoms with Crippen molar-refractivity contribution in [3.8, 4) is 0 Å². The van der Waals surface area contributed by atoms with Gasteiger partial charge >= 0.3 is 0 Å². The summed E-state index contributed by atoms with van der Waals surface area (Å²) in [4.78, 5) is 11.9. The van der Waals surface area contributed by atoms with Crippen LogP contribution in [0.2, 0.25) is 0 Å². The first-order chi connectivity index (χ1) is 9.38. The lowest BCUT2D eigenvalue weighted by molar-refractivity contribution is 0.0946. The maximum Gasteiger partial charge on any atom is 0.270 e. The number of carbonyl (C=O) groups excluding carboxylic acids is 1. The van der Waals surface area contributed by atoms with Gasteiger partial charge in [0.2, 0.25) is 0 Å². The molecule has 1 aromatic rings. The number of hydrogen-bond donors (Lipinski definition) is 1. The smallest absolute Gasteiger partial charge is 0.270 e. The second-order valence-electron chi connectivity index (χ2n) is 4.72. The standard InChI is InChI=1S/C13H20ClNO3S2/c1-3-5-6-10(4-2)8-15-13(16)11-7-12(19-9-11)20(14,17)18/h7,9-10H,3-6,8H2,1-2H3,(H,15,16). The molecule has 0 aliphatic heterocycles. The van der Waals surface area contributed by atoms with E-state index in [1.807, 2.05) is 0 Å². The van der Waals surface area contributed by atoms with Crippen molar-refractivity contribution in [2.45, 2.75) is 43.7 Å². The molecule has 1 rings (SSSR count). The Hall–Kier alpha value is -0.590. The van der Waals surface area contributed by atoms with Gasteiger partial charge < -0.3 is 5.32 Å². The molecule has 1 aromatic heterocycles. The molecule has 0 aliphatic rings. The highest BCUT2D eigenvalue weighted by Crippen LogP contribution is 2.23. The van der Waals surface area contributed by atoms with E-state index in [9.17, 15) is 13.2 Å². The summed E-state index contributed by atoms with van der Waals surface area (Å²) in [5.74, 6) is 0.219. The molecule has 0 saturated heterocycles. The van der Waals surface area contributed by atoms with Gasteiger partial charge in [-0.15, -0.1) is 11.3 Å². The molecule has 7 heteroatoms. The van der Waals surface area contributed by atoms with Gasteiger partial charge in [-0.2, -0.15) is 0 Å². The van der Waals surface area contributed by atoms with Gasteiger partial charge in [0.1, 0.15) is 4.21 Å². The number of carbonyl (C=O) groups is 1. The van der Waals surface area contributed by atoms with Crippen LogP contribution in [0.15, 0.2) is 15.7 Å². The largest absolute Gasteiger partial charge is 0.352 e. The molecule has 0 radical (unpaired) electrons. The minimum atomic E-state index is -3.75. The zero-order valence-corrected chi connectivity index (χ0v) is 14.1. The van der Waals surface area contributed by atoms with Crippen LogP contribution in [-0.2, 0) is 9.05 Å². The Morgan fingerprint density at radius 2 is 2.15 bits per heavy atom. The summed E-state index contributed by atoms with van der Waals surface area (Å²) in [5.41, 5.74) is 0.347. The lowest BCUT2D eigenvalue weighted by Gasteiger charge is -2.14. The number of rotatable bonds is 8. The van der Waals surface area contributed by atoms with E-state index in [0.29, 0.717) is 18.0 Å². The van der Waals surface area contributed by atoms with Gasteiger partial charge in [-0.3, -0.25) is 4.79 Å². The minimum Gasteiger partial charge on any atom is -0.352 e. The molecule has 1 heterocycles. The molecule has 114 valence electrons. The zero-order valence-electron chi connectivity index (χ0n) is 11.7. The van der Waals surface area contributed by atoms with Crippen molar-refractivity contribution >= 4 is 37.0 Å². The third-order valence-corrected chi connectivity index (χ3v) is 6.21. The molecule has 1 amide bonds. The van der Waals surface area contributed by atoms with E-state index < -0.39 is 9.05 Å². The Balaban J connectivity index is 2.56. The van der Waals surface area contributed by atoms with Gasteiger partial charge in [-0.05, 0) is 18.4 Å². The first-order valence-electron chi connectivity index (χ1n) is 6.69. The summed E-state index contributed by atoms with van der Waals surface area (Å²) in [6.07, 6.45) is 4.41. The fourth-order valence-corrected chi connectivity index (χ4v) is 3.79. The van der Waals surface area contributed by atoms with E-state index in [2.05, 4.69) is 19.2 Å². The van der Waals surface area contributed by atoms with E-state index in [0.717, 1.165) is 37.0 Å². The highest BCUT2D eigenvalue weighted by molar-refractivity contribution is 8.15. The summed E-state index contributed by atoms with van der Waals surface area (Å²) in [6.45, 7) is 4.87. The van der Waals surface area contributed by atoms with Crippen molar-refractivity contribution in [1.82, 2.24) is 5.32 Å². The van der Waals surface area contributed by atoms with Crippen LogP contribution in [0.5, 0.6) is 0 Å². The number of thiophene rings is 1. The predicted octanol–water partition coefficient (Wildman–Crippen LogP) is 3.62. The number of hydrogen-bond acceptors (Lipinski definition) is 4. The Bertz CT molecular complexity index is 540. The Kier molecular flexibility index (Phi) is 6.99. The van der Waals surface area contributed by atoms with Crippen molar-refractivity contribution in [2.24, 2.45) is 5.92 Å². The van der Waals surface area contributed by atoms with Crippen molar-refractivity contribution in [2.75, 3.05) is 6.54 Å². The topological polar surface area (TPSA) is 63.2 Å². The fourth-order valence-electron chi connectivity index (χ4n) is 1.85. The van der Waals surface area contributed by atoms with Crippen LogP contribution in [0.3, 0.4) is 0 Å². The zero-order chi connectivity index (χ0) is 15.2. The molecular weight excluding hydrogens is 318 g/mol. The average molecular weight is 338 g/mol. The Morgan fingerprint density at radius 3 is 2.65 bits per heavy atom. The van der Waals surface area contributed by atoms with E-state index in [4.69, 9.17) is 10.7 Å². The quantitative estimate of drug-likeness (QED) is 0.737. The van der Waals surface area contributed by atoms with Crippen LogP contribution < -0.4 is 5.32 Å². The number of amides is 1. The van der Waals surface area contributed by atoms with Crippen LogP contribution in [0.25, 0.3) is 0 Å². The molecule has 20 heavy (non-hydrogen) atoms. The monoisotopic (exact) mass is 337 g/mol. The van der Waals surface area contributed by atoms with Crippen molar-refractivity contribution in [3.63, 3.8) is 0 Å². The van der Waals surface area contributed by atoms with Gasteiger partial charge in [-0.25, -0.2) is 8.42 Å². The molecule has 0 aliphatic carbocycles. The van der Waals surface area contributed by atoms with Crippen LogP contribution >= 0.6 is 22.0 Å². The van der Waals surface area contributed by atoms with E-state index >= 15 is 0 Å². The molecule has 4 nitrogen and oxygen atoms in total. The number of unbranched alkanes of at least 4 members (excludes halogenated alkanes) is 1. The lowest BCUT2D eigenvalue weighted by Crippen LogP contribution is -2.28. The fraction of sp³-hybridized carbons (Fsp3) is 0.615. The molecule has 0 saturated carbocycles. The highest BCUT2D eigenvalue weighted by Gasteiger charge is 2.17. The first-order valence-corrected chi connectivity index (χ1v) is 9.88. The van der Waals surface area contributed by atoms with Crippen LogP contribution in [-0.4, -0.2) is 20.9 Å². The third kappa shape index (κ3) is 5.42. The minimum absolute atomic E-state index is 0.00217. The molecule has 0 fully saturated rings. The maximum atomic E-state index is 11.9. The molecule has 0 spiro atoms. The summed E-state index contributed by atoms with van der Waals surface area (Å²) in [6, 6.07) is 1.31. The predicted molar refractivity (Wildman–Crippen MR) is 83.0 cm³/mol. The number of nitrogens with one attached hydrogen (secondary N) is 1. The van der Waals surface area contributed by atoms with Crippen LogP contribution in [0.4, 0.5) is 0 Å².